The number of thioether (sulfide) groups is 1. The van der Waals surface area contributed by atoms with Gasteiger partial charge < -0.3 is 11.1 Å². The van der Waals surface area contributed by atoms with Crippen molar-refractivity contribution in [2.24, 2.45) is 0 Å². The summed E-state index contributed by atoms with van der Waals surface area (Å²) in [4.78, 5) is 12.2. The summed E-state index contributed by atoms with van der Waals surface area (Å²) < 4.78 is 22.2. The first kappa shape index (κ1) is 14.2. The molecule has 0 bridgehead atoms. The van der Waals surface area contributed by atoms with E-state index in [1.807, 2.05) is 6.07 Å². The van der Waals surface area contributed by atoms with E-state index in [4.69, 9.17) is 5.73 Å². The summed E-state index contributed by atoms with van der Waals surface area (Å²) in [5, 5.41) is 2.78. The number of nitrogens with two attached hydrogens (primary N) is 1. The van der Waals surface area contributed by atoms with E-state index in [1.165, 1.54) is 18.0 Å². The predicted octanol–water partition coefficient (Wildman–Crippen LogP) is 1.29. The zero-order valence-corrected chi connectivity index (χ0v) is 12.2. The second kappa shape index (κ2) is 5.42. The van der Waals surface area contributed by atoms with Crippen molar-refractivity contribution in [3.8, 4) is 0 Å². The number of sulfone groups is 1. The SMILES string of the molecule is CS(=O)(=O)CCSc1cc2c(cc1N)NC(=O)CC2. The Morgan fingerprint density at radius 2 is 2.11 bits per heavy atom. The molecule has 0 unspecified atom stereocenters. The molecule has 1 heterocycles. The molecule has 0 atom stereocenters. The van der Waals surface area contributed by atoms with E-state index in [2.05, 4.69) is 5.32 Å². The molecule has 1 aromatic carbocycles. The van der Waals surface area contributed by atoms with Gasteiger partial charge in [0.1, 0.15) is 9.84 Å². The zero-order chi connectivity index (χ0) is 14.0. The number of amides is 1. The molecule has 2 rings (SSSR count). The van der Waals surface area contributed by atoms with Gasteiger partial charge in [0.25, 0.3) is 0 Å². The lowest BCUT2D eigenvalue weighted by Gasteiger charge is -2.19. The molecule has 1 aliphatic heterocycles. The molecular weight excluding hydrogens is 284 g/mol. The van der Waals surface area contributed by atoms with Crippen LogP contribution in [-0.2, 0) is 21.1 Å². The molecule has 0 spiro atoms. The monoisotopic (exact) mass is 300 g/mol. The summed E-state index contributed by atoms with van der Waals surface area (Å²) in [7, 11) is -2.95. The maximum absolute atomic E-state index is 11.3. The number of nitrogen functional groups attached to an aromatic ring is 1. The maximum Gasteiger partial charge on any atom is 0.224 e. The van der Waals surface area contributed by atoms with E-state index in [9.17, 15) is 13.2 Å². The van der Waals surface area contributed by atoms with Crippen LogP contribution in [-0.4, -0.2) is 32.1 Å². The van der Waals surface area contributed by atoms with Crippen molar-refractivity contribution in [2.75, 3.05) is 28.8 Å². The Bertz CT molecular complexity index is 612. The molecule has 3 N–H and O–H groups in total. The van der Waals surface area contributed by atoms with Gasteiger partial charge in [-0.1, -0.05) is 0 Å². The fourth-order valence-electron chi connectivity index (χ4n) is 1.85. The van der Waals surface area contributed by atoms with E-state index >= 15 is 0 Å². The third kappa shape index (κ3) is 3.87. The minimum Gasteiger partial charge on any atom is -0.398 e. The number of aryl methyl sites for hydroxylation is 1. The molecule has 104 valence electrons. The highest BCUT2D eigenvalue weighted by atomic mass is 32.2. The van der Waals surface area contributed by atoms with Crippen LogP contribution in [0.1, 0.15) is 12.0 Å². The van der Waals surface area contributed by atoms with Crippen molar-refractivity contribution < 1.29 is 13.2 Å². The molecule has 0 fully saturated rings. The van der Waals surface area contributed by atoms with E-state index in [0.717, 1.165) is 16.1 Å². The molecule has 1 aromatic rings. The summed E-state index contributed by atoms with van der Waals surface area (Å²) in [6, 6.07) is 3.69. The highest BCUT2D eigenvalue weighted by molar-refractivity contribution is 8.00. The summed E-state index contributed by atoms with van der Waals surface area (Å²) in [5.74, 6) is 0.614. The molecule has 19 heavy (non-hydrogen) atoms. The quantitative estimate of drug-likeness (QED) is 0.646. The highest BCUT2D eigenvalue weighted by Crippen LogP contribution is 2.33. The first-order chi connectivity index (χ1) is 8.85. The summed E-state index contributed by atoms with van der Waals surface area (Å²) in [6.45, 7) is 0. The molecule has 0 radical (unpaired) electrons. The topological polar surface area (TPSA) is 89.3 Å². The van der Waals surface area contributed by atoms with Gasteiger partial charge in [0.2, 0.25) is 5.91 Å². The van der Waals surface area contributed by atoms with E-state index in [-0.39, 0.29) is 11.7 Å². The molecule has 0 aromatic heterocycles. The van der Waals surface area contributed by atoms with Crippen LogP contribution in [0.25, 0.3) is 0 Å². The molecule has 0 aliphatic carbocycles. The summed E-state index contributed by atoms with van der Waals surface area (Å²) in [6.07, 6.45) is 2.39. The number of carbonyl (C=O) groups excluding carboxylic acids is 1. The van der Waals surface area contributed by atoms with Gasteiger partial charge in [-0.25, -0.2) is 8.42 Å². The first-order valence-corrected chi connectivity index (χ1v) is 8.92. The Morgan fingerprint density at radius 3 is 2.79 bits per heavy atom. The van der Waals surface area contributed by atoms with Crippen LogP contribution in [0.5, 0.6) is 0 Å². The largest absolute Gasteiger partial charge is 0.398 e. The zero-order valence-electron chi connectivity index (χ0n) is 10.6. The molecular formula is C12H16N2O3S2. The van der Waals surface area contributed by atoms with Crippen molar-refractivity contribution in [1.29, 1.82) is 0 Å². The number of hydrogen-bond donors (Lipinski definition) is 2. The van der Waals surface area contributed by atoms with Crippen LogP contribution >= 0.6 is 11.8 Å². The van der Waals surface area contributed by atoms with Crippen LogP contribution in [0.4, 0.5) is 11.4 Å². The maximum atomic E-state index is 11.3. The molecule has 1 aliphatic rings. The van der Waals surface area contributed by atoms with Gasteiger partial charge in [-0.2, -0.15) is 0 Å². The standard InChI is InChI=1S/C12H16N2O3S2/c1-19(16,17)5-4-18-11-6-8-2-3-12(15)14-10(8)7-9(11)13/h6-7H,2-5,13H2,1H3,(H,14,15). The number of nitrogens with one attached hydrogen (secondary N) is 1. The second-order valence-corrected chi connectivity index (χ2v) is 7.97. The second-order valence-electron chi connectivity index (χ2n) is 4.57. The van der Waals surface area contributed by atoms with Crippen molar-refractivity contribution in [3.05, 3.63) is 17.7 Å². The lowest BCUT2D eigenvalue weighted by Crippen LogP contribution is -2.19. The summed E-state index contributed by atoms with van der Waals surface area (Å²) >= 11 is 1.43. The number of rotatable bonds is 4. The van der Waals surface area contributed by atoms with Gasteiger partial charge in [-0.15, -0.1) is 11.8 Å². The van der Waals surface area contributed by atoms with Gasteiger partial charge >= 0.3 is 0 Å². The molecule has 1 amide bonds. The van der Waals surface area contributed by atoms with Crippen LogP contribution in [0.3, 0.4) is 0 Å². The highest BCUT2D eigenvalue weighted by Gasteiger charge is 2.17. The molecule has 0 saturated carbocycles. The Labute approximate surface area is 116 Å². The third-order valence-electron chi connectivity index (χ3n) is 2.84. The predicted molar refractivity (Wildman–Crippen MR) is 78.2 cm³/mol. The molecule has 0 saturated heterocycles. The van der Waals surface area contributed by atoms with Gasteiger partial charge in [0.05, 0.1) is 5.75 Å². The Hall–Kier alpha value is -1.21. The van der Waals surface area contributed by atoms with E-state index in [0.29, 0.717) is 24.3 Å². The minimum absolute atomic E-state index is 0.00406. The van der Waals surface area contributed by atoms with Crippen molar-refractivity contribution in [2.45, 2.75) is 17.7 Å². The molecule has 5 nitrogen and oxygen atoms in total. The fraction of sp³-hybridized carbons (Fsp3) is 0.417. The van der Waals surface area contributed by atoms with Gasteiger partial charge in [0, 0.05) is 34.7 Å². The van der Waals surface area contributed by atoms with Crippen LogP contribution < -0.4 is 11.1 Å². The van der Waals surface area contributed by atoms with Crippen molar-refractivity contribution in [3.63, 3.8) is 0 Å². The van der Waals surface area contributed by atoms with Crippen LogP contribution in [0.15, 0.2) is 17.0 Å². The third-order valence-corrected chi connectivity index (χ3v) is 5.12. The lowest BCUT2D eigenvalue weighted by atomic mass is 10.0. The van der Waals surface area contributed by atoms with E-state index in [1.54, 1.807) is 6.07 Å². The Morgan fingerprint density at radius 1 is 1.37 bits per heavy atom. The molecule has 7 heteroatoms. The van der Waals surface area contributed by atoms with Gasteiger partial charge in [-0.05, 0) is 24.1 Å². The minimum atomic E-state index is -2.95. The average molecular weight is 300 g/mol. The normalized spacial score (nSPS) is 14.9. The Balaban J connectivity index is 2.12. The van der Waals surface area contributed by atoms with Gasteiger partial charge in [0.15, 0.2) is 0 Å². The average Bonchev–Trinajstić information content (AvgIpc) is 2.28. The number of carbonyl (C=O) groups is 1. The Kier molecular flexibility index (Phi) is 4.05. The smallest absolute Gasteiger partial charge is 0.224 e. The fourth-order valence-corrected chi connectivity index (χ4v) is 4.07. The number of fused-ring (bicyclic) bond motifs is 1. The van der Waals surface area contributed by atoms with Crippen molar-refractivity contribution in [1.82, 2.24) is 0 Å². The number of hydrogen-bond acceptors (Lipinski definition) is 5. The summed E-state index contributed by atoms with van der Waals surface area (Å²) in [5.41, 5.74) is 8.30. The number of benzene rings is 1. The number of anilines is 2. The van der Waals surface area contributed by atoms with Crippen LogP contribution in [0.2, 0.25) is 0 Å². The van der Waals surface area contributed by atoms with Crippen LogP contribution in [0, 0.1) is 0 Å². The van der Waals surface area contributed by atoms with Crippen molar-refractivity contribution >= 4 is 38.9 Å². The lowest BCUT2D eigenvalue weighted by molar-refractivity contribution is -0.116. The van der Waals surface area contributed by atoms with Gasteiger partial charge in [-0.3, -0.25) is 4.79 Å². The van der Waals surface area contributed by atoms with E-state index < -0.39 is 9.84 Å². The first-order valence-electron chi connectivity index (χ1n) is 5.88.